The Balaban J connectivity index is 3.73. The van der Waals surface area contributed by atoms with Crippen molar-refractivity contribution in [2.75, 3.05) is 20.1 Å². The van der Waals surface area contributed by atoms with Crippen LogP contribution < -0.4 is 5.32 Å². The van der Waals surface area contributed by atoms with E-state index in [0.29, 0.717) is 6.04 Å². The molecule has 18 heavy (non-hydrogen) atoms. The summed E-state index contributed by atoms with van der Waals surface area (Å²) in [6.45, 7) is 13.9. The summed E-state index contributed by atoms with van der Waals surface area (Å²) in [4.78, 5) is 2.52. The van der Waals surface area contributed by atoms with Crippen molar-refractivity contribution < 1.29 is 0 Å². The third kappa shape index (κ3) is 8.93. The average Bonchev–Trinajstić information content (AvgIpc) is 2.32. The van der Waals surface area contributed by atoms with E-state index in [1.165, 1.54) is 38.6 Å². The van der Waals surface area contributed by atoms with Crippen LogP contribution in [-0.4, -0.2) is 37.1 Å². The maximum absolute atomic E-state index is 3.64. The lowest BCUT2D eigenvalue weighted by Gasteiger charge is -2.27. The predicted molar refractivity (Wildman–Crippen MR) is 83.2 cm³/mol. The van der Waals surface area contributed by atoms with Gasteiger partial charge in [-0.25, -0.2) is 0 Å². The molecule has 0 aromatic carbocycles. The standard InChI is InChI=1S/C16H36N2/c1-7-11-17-16(8-2)10-9-12-18(6)15(5)13-14(3)4/h14-17H,7-13H2,1-6H3. The van der Waals surface area contributed by atoms with Crippen molar-refractivity contribution >= 4 is 0 Å². The Bertz CT molecular complexity index is 180. The van der Waals surface area contributed by atoms with Crippen LogP contribution in [0, 0.1) is 5.92 Å². The van der Waals surface area contributed by atoms with E-state index >= 15 is 0 Å². The van der Waals surface area contributed by atoms with Gasteiger partial charge in [0.15, 0.2) is 0 Å². The second-order valence-corrected chi connectivity index (χ2v) is 6.16. The molecule has 0 amide bonds. The van der Waals surface area contributed by atoms with Gasteiger partial charge in [-0.3, -0.25) is 0 Å². The largest absolute Gasteiger partial charge is 0.314 e. The molecule has 0 aromatic rings. The van der Waals surface area contributed by atoms with Crippen molar-refractivity contribution in [2.24, 2.45) is 5.92 Å². The fourth-order valence-electron chi connectivity index (χ4n) is 2.47. The van der Waals surface area contributed by atoms with Gasteiger partial charge in [0, 0.05) is 12.1 Å². The molecule has 0 saturated heterocycles. The fraction of sp³-hybridized carbons (Fsp3) is 1.00. The van der Waals surface area contributed by atoms with Crippen LogP contribution in [0.1, 0.15) is 66.7 Å². The Morgan fingerprint density at radius 2 is 1.78 bits per heavy atom. The molecule has 0 fully saturated rings. The third-order valence-electron chi connectivity index (χ3n) is 3.80. The summed E-state index contributed by atoms with van der Waals surface area (Å²) in [5.74, 6) is 0.803. The van der Waals surface area contributed by atoms with Crippen molar-refractivity contribution in [3.8, 4) is 0 Å². The molecule has 0 radical (unpaired) electrons. The number of rotatable bonds is 11. The maximum atomic E-state index is 3.64. The molecule has 0 rings (SSSR count). The highest BCUT2D eigenvalue weighted by molar-refractivity contribution is 4.69. The molecule has 0 spiro atoms. The summed E-state index contributed by atoms with van der Waals surface area (Å²) < 4.78 is 0. The molecule has 2 nitrogen and oxygen atoms in total. The minimum atomic E-state index is 0.716. The van der Waals surface area contributed by atoms with Gasteiger partial charge in [0.25, 0.3) is 0 Å². The first kappa shape index (κ1) is 17.9. The molecule has 2 heteroatoms. The Hall–Kier alpha value is -0.0800. The van der Waals surface area contributed by atoms with Crippen LogP contribution in [0.4, 0.5) is 0 Å². The topological polar surface area (TPSA) is 15.3 Å². The van der Waals surface area contributed by atoms with E-state index in [9.17, 15) is 0 Å². The van der Waals surface area contributed by atoms with Crippen molar-refractivity contribution in [1.82, 2.24) is 10.2 Å². The second-order valence-electron chi connectivity index (χ2n) is 6.16. The Morgan fingerprint density at radius 1 is 1.11 bits per heavy atom. The van der Waals surface area contributed by atoms with Crippen molar-refractivity contribution in [3.63, 3.8) is 0 Å². The van der Waals surface area contributed by atoms with Crippen LogP contribution in [0.15, 0.2) is 0 Å². The minimum absolute atomic E-state index is 0.716. The van der Waals surface area contributed by atoms with Crippen molar-refractivity contribution in [1.29, 1.82) is 0 Å². The monoisotopic (exact) mass is 256 g/mol. The van der Waals surface area contributed by atoms with Crippen molar-refractivity contribution in [3.05, 3.63) is 0 Å². The summed E-state index contributed by atoms with van der Waals surface area (Å²) in [6, 6.07) is 1.44. The first-order chi connectivity index (χ1) is 8.51. The van der Waals surface area contributed by atoms with Crippen LogP contribution in [-0.2, 0) is 0 Å². The zero-order valence-corrected chi connectivity index (χ0v) is 13.6. The third-order valence-corrected chi connectivity index (χ3v) is 3.80. The summed E-state index contributed by atoms with van der Waals surface area (Å²) >= 11 is 0. The lowest BCUT2D eigenvalue weighted by Crippen LogP contribution is -2.33. The summed E-state index contributed by atoms with van der Waals surface area (Å²) in [5.41, 5.74) is 0. The summed E-state index contributed by atoms with van der Waals surface area (Å²) in [7, 11) is 2.27. The summed E-state index contributed by atoms with van der Waals surface area (Å²) in [5, 5.41) is 3.64. The average molecular weight is 256 g/mol. The Kier molecular flexibility index (Phi) is 10.8. The molecule has 110 valence electrons. The smallest absolute Gasteiger partial charge is 0.00663 e. The van der Waals surface area contributed by atoms with E-state index in [4.69, 9.17) is 0 Å². The van der Waals surface area contributed by atoms with Gasteiger partial charge in [-0.15, -0.1) is 0 Å². The molecule has 0 heterocycles. The van der Waals surface area contributed by atoms with Crippen LogP contribution in [0.2, 0.25) is 0 Å². The first-order valence-corrected chi connectivity index (χ1v) is 7.94. The number of nitrogens with one attached hydrogen (secondary N) is 1. The molecule has 0 aliphatic rings. The quantitative estimate of drug-likeness (QED) is 0.603. The van der Waals surface area contributed by atoms with E-state index in [-0.39, 0.29) is 0 Å². The Labute approximate surface area is 116 Å². The highest BCUT2D eigenvalue weighted by Gasteiger charge is 2.11. The fourth-order valence-corrected chi connectivity index (χ4v) is 2.47. The molecule has 0 aliphatic carbocycles. The van der Waals surface area contributed by atoms with Gasteiger partial charge in [-0.1, -0.05) is 27.7 Å². The van der Waals surface area contributed by atoms with E-state index in [0.717, 1.165) is 18.5 Å². The zero-order valence-electron chi connectivity index (χ0n) is 13.6. The van der Waals surface area contributed by atoms with Gasteiger partial charge in [0.1, 0.15) is 0 Å². The summed E-state index contributed by atoms with van der Waals surface area (Å²) in [6.07, 6.45) is 6.43. The van der Waals surface area contributed by atoms with Crippen LogP contribution in [0.3, 0.4) is 0 Å². The molecule has 0 aromatic heterocycles. The van der Waals surface area contributed by atoms with Crippen LogP contribution in [0.25, 0.3) is 0 Å². The normalized spacial score (nSPS) is 15.3. The maximum Gasteiger partial charge on any atom is 0.00663 e. The highest BCUT2D eigenvalue weighted by Crippen LogP contribution is 2.11. The lowest BCUT2D eigenvalue weighted by atomic mass is 10.0. The van der Waals surface area contributed by atoms with Gasteiger partial charge in [-0.05, 0) is 65.1 Å². The van der Waals surface area contributed by atoms with Gasteiger partial charge in [0.05, 0.1) is 0 Å². The molecule has 2 atom stereocenters. The SMILES string of the molecule is CCCNC(CC)CCCN(C)C(C)CC(C)C. The number of hydrogen-bond acceptors (Lipinski definition) is 2. The van der Waals surface area contributed by atoms with Gasteiger partial charge < -0.3 is 10.2 Å². The van der Waals surface area contributed by atoms with Crippen molar-refractivity contribution in [2.45, 2.75) is 78.8 Å². The van der Waals surface area contributed by atoms with E-state index in [1.54, 1.807) is 0 Å². The molecule has 1 N–H and O–H groups in total. The van der Waals surface area contributed by atoms with Crippen LogP contribution >= 0.6 is 0 Å². The van der Waals surface area contributed by atoms with Crippen LogP contribution in [0.5, 0.6) is 0 Å². The number of nitrogens with zero attached hydrogens (tertiary/aromatic N) is 1. The molecule has 0 aliphatic heterocycles. The highest BCUT2D eigenvalue weighted by atomic mass is 15.1. The molecular formula is C16H36N2. The molecule has 0 saturated carbocycles. The zero-order chi connectivity index (χ0) is 14.0. The van der Waals surface area contributed by atoms with E-state index in [1.807, 2.05) is 0 Å². The molecular weight excluding hydrogens is 220 g/mol. The van der Waals surface area contributed by atoms with E-state index in [2.05, 4.69) is 51.9 Å². The first-order valence-electron chi connectivity index (χ1n) is 7.94. The second kappa shape index (κ2) is 10.8. The Morgan fingerprint density at radius 3 is 2.28 bits per heavy atom. The van der Waals surface area contributed by atoms with Gasteiger partial charge in [0.2, 0.25) is 0 Å². The molecule has 2 unspecified atom stereocenters. The lowest BCUT2D eigenvalue weighted by molar-refractivity contribution is 0.221. The van der Waals surface area contributed by atoms with Gasteiger partial charge >= 0.3 is 0 Å². The minimum Gasteiger partial charge on any atom is -0.314 e. The molecule has 0 bridgehead atoms. The van der Waals surface area contributed by atoms with E-state index < -0.39 is 0 Å². The number of hydrogen-bond donors (Lipinski definition) is 1. The predicted octanol–water partition coefficient (Wildman–Crippen LogP) is 3.91. The van der Waals surface area contributed by atoms with Gasteiger partial charge in [-0.2, -0.15) is 0 Å².